The molecule has 41 heavy (non-hydrogen) atoms. The third kappa shape index (κ3) is 7.67. The molecule has 1 atom stereocenters. The average Bonchev–Trinajstić information content (AvgIpc) is 3.13. The molecule has 0 aliphatic carbocycles. The van der Waals surface area contributed by atoms with E-state index < -0.39 is 20.2 Å². The summed E-state index contributed by atoms with van der Waals surface area (Å²) in [7, 11) is -0.266. The van der Waals surface area contributed by atoms with Crippen LogP contribution in [0, 0.1) is 12.7 Å². The summed E-state index contributed by atoms with van der Waals surface area (Å²) in [5, 5.41) is 4.53. The van der Waals surface area contributed by atoms with Gasteiger partial charge in [0, 0.05) is 18.2 Å². The summed E-state index contributed by atoms with van der Waals surface area (Å²) in [5.41, 5.74) is 7.88. The van der Waals surface area contributed by atoms with Crippen molar-refractivity contribution in [2.24, 2.45) is 0 Å². The third-order valence-electron chi connectivity index (χ3n) is 7.25. The molecular weight excluding hydrogens is 699 g/mol. The second kappa shape index (κ2) is 13.1. The molecule has 9 nitrogen and oxygen atoms in total. The maximum Gasteiger partial charge on any atom is 0.258 e. The number of hydrogen-bond acceptors (Lipinski definition) is 7. The highest BCUT2D eigenvalue weighted by atomic mass is 79.9. The van der Waals surface area contributed by atoms with Crippen LogP contribution in [0.1, 0.15) is 61.1 Å². The normalized spacial score (nSPS) is 12.9. The first-order chi connectivity index (χ1) is 18.9. The van der Waals surface area contributed by atoms with Gasteiger partial charge in [0.15, 0.2) is 14.1 Å². The Morgan fingerprint density at radius 1 is 1.29 bits per heavy atom. The highest BCUT2D eigenvalue weighted by Crippen LogP contribution is 2.37. The van der Waals surface area contributed by atoms with Crippen molar-refractivity contribution in [2.45, 2.75) is 71.9 Å². The van der Waals surface area contributed by atoms with Gasteiger partial charge in [-0.05, 0) is 76.0 Å². The van der Waals surface area contributed by atoms with Crippen molar-refractivity contribution in [3.05, 3.63) is 60.8 Å². The zero-order valence-electron chi connectivity index (χ0n) is 24.5. The number of halogens is 4. The summed E-state index contributed by atoms with van der Waals surface area (Å²) in [4.78, 5) is 23.5. The van der Waals surface area contributed by atoms with Crippen molar-refractivity contribution >= 4 is 63.5 Å². The first-order valence-corrected chi connectivity index (χ1v) is 17.9. The van der Waals surface area contributed by atoms with Crippen LogP contribution >= 0.6 is 43.5 Å². The van der Waals surface area contributed by atoms with E-state index in [-0.39, 0.29) is 45.3 Å². The molecule has 0 fully saturated rings. The van der Waals surface area contributed by atoms with E-state index >= 15 is 0 Å². The van der Waals surface area contributed by atoms with Crippen LogP contribution in [-0.2, 0) is 17.5 Å². The lowest BCUT2D eigenvalue weighted by Gasteiger charge is -2.36. The number of carbonyl (C=O) groups is 1. The molecule has 0 spiro atoms. The Balaban J connectivity index is 1.86. The molecule has 0 saturated heterocycles. The minimum absolute atomic E-state index is 0.0298. The van der Waals surface area contributed by atoms with E-state index in [2.05, 4.69) is 80.8 Å². The van der Waals surface area contributed by atoms with Gasteiger partial charge in [0.2, 0.25) is 0 Å². The number of nitrogen functional groups attached to an aromatic ring is 1. The van der Waals surface area contributed by atoms with Crippen LogP contribution in [0.25, 0.3) is 0 Å². The predicted molar refractivity (Wildman–Crippen MR) is 168 cm³/mol. The molecule has 1 amide bonds. The summed E-state index contributed by atoms with van der Waals surface area (Å²) in [6.45, 7) is 15.8. The van der Waals surface area contributed by atoms with E-state index in [1.54, 1.807) is 14.0 Å². The van der Waals surface area contributed by atoms with Gasteiger partial charge in [-0.25, -0.2) is 14.4 Å². The molecular formula is C27H36Br2ClFN6O3Si. The molecule has 224 valence electrons. The molecule has 2 heterocycles. The van der Waals surface area contributed by atoms with Crippen LogP contribution in [-0.4, -0.2) is 52.5 Å². The van der Waals surface area contributed by atoms with Crippen LogP contribution < -0.4 is 10.5 Å². The van der Waals surface area contributed by atoms with E-state index in [0.717, 1.165) is 21.9 Å². The molecule has 3 rings (SSSR count). The van der Waals surface area contributed by atoms with Crippen molar-refractivity contribution in [3.8, 4) is 5.88 Å². The molecule has 0 aliphatic heterocycles. The number of amides is 1. The number of aryl methyl sites for hydroxylation is 1. The smallest absolute Gasteiger partial charge is 0.258 e. The average molecular weight is 735 g/mol. The van der Waals surface area contributed by atoms with E-state index in [9.17, 15) is 9.18 Å². The molecule has 3 aromatic rings. The van der Waals surface area contributed by atoms with Gasteiger partial charge in [-0.15, -0.1) is 0 Å². The fourth-order valence-electron chi connectivity index (χ4n) is 3.87. The van der Waals surface area contributed by atoms with Crippen LogP contribution in [0.4, 0.5) is 10.2 Å². The molecule has 2 aromatic heterocycles. The second-order valence-electron chi connectivity index (χ2n) is 11.3. The van der Waals surface area contributed by atoms with E-state index in [4.69, 9.17) is 26.5 Å². The number of ether oxygens (including phenoxy) is 1. The lowest BCUT2D eigenvalue weighted by molar-refractivity contribution is 0.0775. The van der Waals surface area contributed by atoms with Crippen molar-refractivity contribution in [2.75, 3.05) is 19.4 Å². The van der Waals surface area contributed by atoms with Crippen molar-refractivity contribution in [3.63, 3.8) is 0 Å². The summed E-state index contributed by atoms with van der Waals surface area (Å²) in [6.07, 6.45) is 0.555. The lowest BCUT2D eigenvalue weighted by atomic mass is 10.0. The Morgan fingerprint density at radius 2 is 1.95 bits per heavy atom. The van der Waals surface area contributed by atoms with Gasteiger partial charge < -0.3 is 19.8 Å². The molecule has 0 radical (unpaired) electrons. The highest BCUT2D eigenvalue weighted by Gasteiger charge is 2.37. The number of hydrogen-bond donors (Lipinski definition) is 1. The predicted octanol–water partition coefficient (Wildman–Crippen LogP) is 7.32. The zero-order valence-corrected chi connectivity index (χ0v) is 29.4. The lowest BCUT2D eigenvalue weighted by Crippen LogP contribution is -2.41. The zero-order chi connectivity index (χ0) is 30.9. The largest absolute Gasteiger partial charge is 0.467 e. The molecule has 1 aromatic carbocycles. The first kappa shape index (κ1) is 33.4. The van der Waals surface area contributed by atoms with E-state index in [1.807, 2.05) is 11.6 Å². The van der Waals surface area contributed by atoms with Crippen molar-refractivity contribution in [1.29, 1.82) is 0 Å². The van der Waals surface area contributed by atoms with Gasteiger partial charge in [-0.1, -0.05) is 32.4 Å². The minimum Gasteiger partial charge on any atom is -0.467 e. The van der Waals surface area contributed by atoms with Gasteiger partial charge in [0.05, 0.1) is 46.8 Å². The van der Waals surface area contributed by atoms with Crippen molar-refractivity contribution < 1.29 is 18.3 Å². The summed E-state index contributed by atoms with van der Waals surface area (Å²) in [6, 6.07) is 2.56. The maximum atomic E-state index is 14.6. The van der Waals surface area contributed by atoms with Gasteiger partial charge in [-0.3, -0.25) is 9.48 Å². The number of rotatable bonds is 10. The molecule has 0 bridgehead atoms. The molecule has 0 aliphatic rings. The number of carbonyl (C=O) groups excluding carboxylic acids is 1. The van der Waals surface area contributed by atoms with Gasteiger partial charge >= 0.3 is 0 Å². The van der Waals surface area contributed by atoms with Crippen LogP contribution in [0.3, 0.4) is 0 Å². The number of anilines is 1. The molecule has 0 saturated carbocycles. The Bertz CT molecular complexity index is 1430. The van der Waals surface area contributed by atoms with E-state index in [0.29, 0.717) is 17.8 Å². The fourth-order valence-corrected chi connectivity index (χ4v) is 5.90. The highest BCUT2D eigenvalue weighted by molar-refractivity contribution is 9.10. The summed E-state index contributed by atoms with van der Waals surface area (Å²) < 4.78 is 29.9. The van der Waals surface area contributed by atoms with Crippen LogP contribution in [0.2, 0.25) is 23.2 Å². The number of nitrogens with zero attached hydrogens (tertiary/aromatic N) is 5. The second-order valence-corrected chi connectivity index (χ2v) is 18.1. The number of benzene rings is 1. The van der Waals surface area contributed by atoms with Crippen LogP contribution in [0.5, 0.6) is 5.88 Å². The Kier molecular flexibility index (Phi) is 10.7. The third-order valence-corrected chi connectivity index (χ3v) is 13.6. The van der Waals surface area contributed by atoms with E-state index in [1.165, 1.54) is 17.2 Å². The van der Waals surface area contributed by atoms with Crippen molar-refractivity contribution in [1.82, 2.24) is 24.6 Å². The summed E-state index contributed by atoms with van der Waals surface area (Å²) >= 11 is 13.2. The summed E-state index contributed by atoms with van der Waals surface area (Å²) in [5.74, 6) is -0.978. The first-order valence-electron chi connectivity index (χ1n) is 13.0. The van der Waals surface area contributed by atoms with Crippen LogP contribution in [0.15, 0.2) is 27.4 Å². The fraction of sp³-hybridized carbons (Fsp3) is 0.481. The molecule has 1 unspecified atom stereocenters. The number of aromatic nitrogens is 4. The topological polar surface area (TPSA) is 108 Å². The van der Waals surface area contributed by atoms with Gasteiger partial charge in [0.1, 0.15) is 16.5 Å². The molecule has 14 heteroatoms. The SMILES string of the molecule is Cc1nn(CCO[Si](C)(C)C(C)(C)C)c(CN(C)C(=O)c2ccc(F)c(Cl)c2C(C)Oc2nc(Br)cnc2N)c1Br. The minimum atomic E-state index is -1.93. The Morgan fingerprint density at radius 3 is 2.59 bits per heavy atom. The monoisotopic (exact) mass is 732 g/mol. The number of nitrogens with two attached hydrogens (primary N) is 1. The maximum absolute atomic E-state index is 14.6. The van der Waals surface area contributed by atoms with Gasteiger partial charge in [-0.2, -0.15) is 5.10 Å². The Labute approximate surface area is 263 Å². The Hall–Kier alpha value is -2.06. The van der Waals surface area contributed by atoms with Gasteiger partial charge in [0.25, 0.3) is 11.8 Å². The quantitative estimate of drug-likeness (QED) is 0.218. The molecule has 2 N–H and O–H groups in total. The standard InChI is InChI=1S/C27H36Br2ClFN6O3Si/c1-15-22(29)19(37(35-15)11-12-39-41(7,8)27(3,4)5)14-36(6)26(38)17-9-10-18(31)23(30)21(17)16(2)40-25-24(32)33-13-20(28)34-25/h9-10,13,16H,11-12,14H2,1-8H3,(H2,32,33).